The normalized spacial score (nSPS) is 14.9. The Kier molecular flexibility index (Phi) is 4.76. The van der Waals surface area contributed by atoms with E-state index in [0.717, 1.165) is 5.69 Å². The van der Waals surface area contributed by atoms with Gasteiger partial charge in [-0.3, -0.25) is 4.79 Å². The van der Waals surface area contributed by atoms with Crippen LogP contribution in [0, 0.1) is 23.1 Å². The van der Waals surface area contributed by atoms with Gasteiger partial charge in [0.2, 0.25) is 5.91 Å². The molecule has 1 saturated heterocycles. The Labute approximate surface area is 140 Å². The Morgan fingerprint density at radius 1 is 1.12 bits per heavy atom. The fraction of sp³-hybridized carbons (Fsp3) is 0.263. The van der Waals surface area contributed by atoms with Crippen LogP contribution >= 0.6 is 0 Å². The van der Waals surface area contributed by atoms with Gasteiger partial charge in [-0.2, -0.15) is 5.26 Å². The van der Waals surface area contributed by atoms with Gasteiger partial charge in [0.15, 0.2) is 0 Å². The van der Waals surface area contributed by atoms with E-state index in [0.29, 0.717) is 31.6 Å². The Bertz CT molecular complexity index is 762. The molecule has 1 heterocycles. The number of halogens is 1. The zero-order chi connectivity index (χ0) is 16.9. The summed E-state index contributed by atoms with van der Waals surface area (Å²) in [6, 6.07) is 16.0. The molecular formula is C19H18FN3O. The van der Waals surface area contributed by atoms with Crippen LogP contribution in [-0.2, 0) is 4.79 Å². The van der Waals surface area contributed by atoms with E-state index in [1.807, 2.05) is 41.3 Å². The van der Waals surface area contributed by atoms with Gasteiger partial charge in [-0.15, -0.1) is 0 Å². The summed E-state index contributed by atoms with van der Waals surface area (Å²) < 4.78 is 13.7. The van der Waals surface area contributed by atoms with Crippen molar-refractivity contribution < 1.29 is 9.18 Å². The third-order valence-electron chi connectivity index (χ3n) is 4.35. The average molecular weight is 323 g/mol. The highest BCUT2D eigenvalue weighted by Crippen LogP contribution is 2.28. The topological polar surface area (TPSA) is 56.1 Å². The molecule has 3 rings (SSSR count). The highest BCUT2D eigenvalue weighted by atomic mass is 19.1. The number of carbonyl (C=O) groups is 1. The second-order valence-corrected chi connectivity index (χ2v) is 5.86. The molecule has 0 spiro atoms. The van der Waals surface area contributed by atoms with E-state index in [1.165, 1.54) is 6.07 Å². The van der Waals surface area contributed by atoms with E-state index in [9.17, 15) is 9.18 Å². The molecule has 4 nitrogen and oxygen atoms in total. The number of hydrogen-bond donors (Lipinski definition) is 1. The van der Waals surface area contributed by atoms with Crippen LogP contribution in [0.1, 0.15) is 18.4 Å². The lowest BCUT2D eigenvalue weighted by Crippen LogP contribution is -2.38. The highest BCUT2D eigenvalue weighted by molar-refractivity contribution is 5.92. The smallest absolute Gasteiger partial charge is 0.227 e. The number of hydrogen-bond acceptors (Lipinski definition) is 3. The van der Waals surface area contributed by atoms with Gasteiger partial charge in [0.1, 0.15) is 17.4 Å². The lowest BCUT2D eigenvalue weighted by molar-refractivity contribution is -0.120. The molecular weight excluding hydrogens is 305 g/mol. The van der Waals surface area contributed by atoms with E-state index in [2.05, 4.69) is 5.32 Å². The van der Waals surface area contributed by atoms with Crippen molar-refractivity contribution in [2.24, 2.45) is 5.92 Å². The number of rotatable bonds is 3. The van der Waals surface area contributed by atoms with Crippen LogP contribution in [0.2, 0.25) is 0 Å². The molecule has 1 aliphatic rings. The molecule has 0 aromatic heterocycles. The summed E-state index contributed by atoms with van der Waals surface area (Å²) in [5, 5.41) is 12.1. The first kappa shape index (κ1) is 16.0. The Morgan fingerprint density at radius 3 is 2.50 bits per heavy atom. The number of nitrogens with one attached hydrogen (secondary N) is 1. The monoisotopic (exact) mass is 323 g/mol. The van der Waals surface area contributed by atoms with Crippen LogP contribution in [0.5, 0.6) is 0 Å². The van der Waals surface area contributed by atoms with Crippen molar-refractivity contribution in [3.63, 3.8) is 0 Å². The van der Waals surface area contributed by atoms with Gasteiger partial charge in [-0.25, -0.2) is 4.39 Å². The second kappa shape index (κ2) is 7.14. The highest BCUT2D eigenvalue weighted by Gasteiger charge is 2.26. The van der Waals surface area contributed by atoms with E-state index in [1.54, 1.807) is 12.1 Å². The molecule has 1 aliphatic heterocycles. The molecule has 0 aliphatic carbocycles. The number of para-hydroxylation sites is 1. The molecule has 0 atom stereocenters. The summed E-state index contributed by atoms with van der Waals surface area (Å²) >= 11 is 0. The second-order valence-electron chi connectivity index (χ2n) is 5.86. The van der Waals surface area contributed by atoms with Gasteiger partial charge in [0.05, 0.1) is 5.69 Å². The first-order valence-corrected chi connectivity index (χ1v) is 7.98. The third-order valence-corrected chi connectivity index (χ3v) is 4.35. The van der Waals surface area contributed by atoms with Gasteiger partial charge in [-0.05, 0) is 37.1 Å². The Balaban J connectivity index is 1.63. The van der Waals surface area contributed by atoms with E-state index < -0.39 is 5.82 Å². The molecule has 122 valence electrons. The molecule has 0 radical (unpaired) electrons. The minimum absolute atomic E-state index is 0.0144. The first-order chi connectivity index (χ1) is 11.7. The van der Waals surface area contributed by atoms with Crippen LogP contribution in [0.4, 0.5) is 15.8 Å². The van der Waals surface area contributed by atoms with Crippen LogP contribution in [0.3, 0.4) is 0 Å². The van der Waals surface area contributed by atoms with Crippen molar-refractivity contribution in [1.29, 1.82) is 5.26 Å². The zero-order valence-electron chi connectivity index (χ0n) is 13.2. The molecule has 5 heteroatoms. The largest absolute Gasteiger partial charge is 0.370 e. The number of amides is 1. The van der Waals surface area contributed by atoms with Crippen molar-refractivity contribution in [3.8, 4) is 6.07 Å². The number of piperidine rings is 1. The van der Waals surface area contributed by atoms with E-state index in [-0.39, 0.29) is 17.4 Å². The van der Waals surface area contributed by atoms with Crippen molar-refractivity contribution in [2.75, 3.05) is 23.3 Å². The zero-order valence-corrected chi connectivity index (χ0v) is 13.2. The summed E-state index contributed by atoms with van der Waals surface area (Å²) in [5.41, 5.74) is 1.48. The molecule has 0 saturated carbocycles. The van der Waals surface area contributed by atoms with Crippen LogP contribution < -0.4 is 10.2 Å². The molecule has 1 fully saturated rings. The number of anilines is 2. The van der Waals surface area contributed by atoms with Crippen molar-refractivity contribution in [3.05, 3.63) is 59.9 Å². The maximum absolute atomic E-state index is 13.7. The third kappa shape index (κ3) is 3.38. The molecule has 0 bridgehead atoms. The molecule has 1 N–H and O–H groups in total. The lowest BCUT2D eigenvalue weighted by atomic mass is 9.95. The maximum atomic E-state index is 13.7. The minimum atomic E-state index is -0.501. The van der Waals surface area contributed by atoms with E-state index in [4.69, 9.17) is 5.26 Å². The molecule has 2 aromatic carbocycles. The molecule has 0 unspecified atom stereocenters. The molecule has 24 heavy (non-hydrogen) atoms. The van der Waals surface area contributed by atoms with Gasteiger partial charge < -0.3 is 10.2 Å². The minimum Gasteiger partial charge on any atom is -0.370 e. The lowest BCUT2D eigenvalue weighted by Gasteiger charge is -2.33. The van der Waals surface area contributed by atoms with Gasteiger partial charge in [0, 0.05) is 24.7 Å². The summed E-state index contributed by atoms with van der Waals surface area (Å²) in [4.78, 5) is 14.3. The summed E-state index contributed by atoms with van der Waals surface area (Å²) in [6.45, 7) is 1.26. The van der Waals surface area contributed by atoms with Crippen LogP contribution in [0.15, 0.2) is 48.5 Å². The number of carbonyl (C=O) groups excluding carboxylic acids is 1. The maximum Gasteiger partial charge on any atom is 0.227 e. The standard InChI is InChI=1S/C19H18FN3O/c20-17-7-4-8-18(16(17)13-21)23-11-9-14(10-12-23)19(24)22-15-5-2-1-3-6-15/h1-8,14H,9-12H2,(H,22,24). The predicted octanol–water partition coefficient (Wildman–Crippen LogP) is 3.55. The van der Waals surface area contributed by atoms with Gasteiger partial charge in [0.25, 0.3) is 0 Å². The number of nitrogens with zero attached hydrogens (tertiary/aromatic N) is 2. The van der Waals surface area contributed by atoms with Crippen LogP contribution in [-0.4, -0.2) is 19.0 Å². The summed E-state index contributed by atoms with van der Waals surface area (Å²) in [7, 11) is 0. The number of nitriles is 1. The number of benzene rings is 2. The predicted molar refractivity (Wildman–Crippen MR) is 91.1 cm³/mol. The SMILES string of the molecule is N#Cc1c(F)cccc1N1CCC(C(=O)Nc2ccccc2)CC1. The van der Waals surface area contributed by atoms with E-state index >= 15 is 0 Å². The quantitative estimate of drug-likeness (QED) is 0.940. The van der Waals surface area contributed by atoms with Gasteiger partial charge in [-0.1, -0.05) is 24.3 Å². The molecule has 2 aromatic rings. The summed E-state index contributed by atoms with van der Waals surface area (Å²) in [6.07, 6.45) is 1.36. The Hall–Kier alpha value is -2.87. The summed E-state index contributed by atoms with van der Waals surface area (Å²) in [5.74, 6) is -0.555. The van der Waals surface area contributed by atoms with Crippen molar-refractivity contribution in [1.82, 2.24) is 0 Å². The van der Waals surface area contributed by atoms with Crippen molar-refractivity contribution in [2.45, 2.75) is 12.8 Å². The first-order valence-electron chi connectivity index (χ1n) is 7.98. The average Bonchev–Trinajstić information content (AvgIpc) is 2.62. The fourth-order valence-electron chi connectivity index (χ4n) is 3.04. The fourth-order valence-corrected chi connectivity index (χ4v) is 3.04. The Morgan fingerprint density at radius 2 is 1.83 bits per heavy atom. The van der Waals surface area contributed by atoms with Crippen molar-refractivity contribution >= 4 is 17.3 Å². The van der Waals surface area contributed by atoms with Gasteiger partial charge >= 0.3 is 0 Å². The van der Waals surface area contributed by atoms with Crippen LogP contribution in [0.25, 0.3) is 0 Å². The molecule has 1 amide bonds.